The fraction of sp³-hybridized carbons (Fsp3) is 0.667. The van der Waals surface area contributed by atoms with Crippen LogP contribution in [0.1, 0.15) is 37.1 Å². The third-order valence-corrected chi connectivity index (χ3v) is 3.86. The number of aromatic nitrogens is 2. The average Bonchev–Trinajstić information content (AvgIpc) is 2.39. The highest BCUT2D eigenvalue weighted by Crippen LogP contribution is 2.30. The van der Waals surface area contributed by atoms with Crippen LogP contribution < -0.4 is 0 Å². The number of hydrogen-bond donors (Lipinski definition) is 0. The Bertz CT molecular complexity index is 407. The van der Waals surface area contributed by atoms with Gasteiger partial charge in [0.25, 0.3) is 0 Å². The Morgan fingerprint density at radius 2 is 2.25 bits per heavy atom. The standard InChI is InChI=1S/C12H17ClN2O/c1-8-12(13)11(15(2)14-8)7-10(16)6-9-4-3-5-9/h9H,3-7H2,1-2H3. The number of aryl methyl sites for hydroxylation is 2. The molecule has 1 aromatic rings. The summed E-state index contributed by atoms with van der Waals surface area (Å²) in [5.74, 6) is 0.912. The van der Waals surface area contributed by atoms with Gasteiger partial charge in [0.15, 0.2) is 0 Å². The molecular weight excluding hydrogens is 224 g/mol. The highest BCUT2D eigenvalue weighted by Gasteiger charge is 2.22. The van der Waals surface area contributed by atoms with Crippen molar-refractivity contribution < 1.29 is 4.79 Å². The number of ketones is 1. The highest BCUT2D eigenvalue weighted by molar-refractivity contribution is 6.32. The third-order valence-electron chi connectivity index (χ3n) is 3.37. The molecule has 0 atom stereocenters. The zero-order valence-corrected chi connectivity index (χ0v) is 10.5. The SMILES string of the molecule is Cc1nn(C)c(CC(=O)CC2CCC2)c1Cl. The van der Waals surface area contributed by atoms with Crippen LogP contribution in [0.15, 0.2) is 0 Å². The van der Waals surface area contributed by atoms with Crippen molar-refractivity contribution in [2.75, 3.05) is 0 Å². The first-order valence-electron chi connectivity index (χ1n) is 5.77. The van der Waals surface area contributed by atoms with E-state index in [1.807, 2.05) is 14.0 Å². The fourth-order valence-corrected chi connectivity index (χ4v) is 2.38. The quantitative estimate of drug-likeness (QED) is 0.811. The van der Waals surface area contributed by atoms with Crippen molar-refractivity contribution in [1.29, 1.82) is 0 Å². The summed E-state index contributed by atoms with van der Waals surface area (Å²) in [7, 11) is 1.84. The Kier molecular flexibility index (Phi) is 3.33. The number of carbonyl (C=O) groups is 1. The Morgan fingerprint density at radius 3 is 2.69 bits per heavy atom. The first-order valence-corrected chi connectivity index (χ1v) is 6.15. The smallest absolute Gasteiger partial charge is 0.139 e. The molecule has 1 aromatic heterocycles. The molecule has 1 saturated carbocycles. The normalized spacial score (nSPS) is 16.2. The fourth-order valence-electron chi connectivity index (χ4n) is 2.15. The number of carbonyl (C=O) groups excluding carboxylic acids is 1. The van der Waals surface area contributed by atoms with Gasteiger partial charge in [-0.1, -0.05) is 30.9 Å². The van der Waals surface area contributed by atoms with Gasteiger partial charge in [0, 0.05) is 19.9 Å². The summed E-state index contributed by atoms with van der Waals surface area (Å²) < 4.78 is 1.72. The summed E-state index contributed by atoms with van der Waals surface area (Å²) in [6, 6.07) is 0. The monoisotopic (exact) mass is 240 g/mol. The summed E-state index contributed by atoms with van der Waals surface area (Å²) in [6.45, 7) is 1.86. The summed E-state index contributed by atoms with van der Waals surface area (Å²) in [6.07, 6.45) is 4.84. The van der Waals surface area contributed by atoms with Crippen LogP contribution in [0, 0.1) is 12.8 Å². The number of Topliss-reactive ketones (excluding diaryl/α,β-unsaturated/α-hetero) is 1. The molecule has 0 aliphatic heterocycles. The van der Waals surface area contributed by atoms with Gasteiger partial charge in [0.05, 0.1) is 16.4 Å². The zero-order valence-electron chi connectivity index (χ0n) is 9.79. The lowest BCUT2D eigenvalue weighted by Gasteiger charge is -2.24. The molecule has 1 aliphatic rings. The van der Waals surface area contributed by atoms with Crippen LogP contribution in [-0.4, -0.2) is 15.6 Å². The van der Waals surface area contributed by atoms with Crippen molar-refractivity contribution in [2.24, 2.45) is 13.0 Å². The Morgan fingerprint density at radius 1 is 1.56 bits per heavy atom. The first-order chi connectivity index (χ1) is 7.58. The zero-order chi connectivity index (χ0) is 11.7. The molecule has 0 radical (unpaired) electrons. The predicted molar refractivity (Wildman–Crippen MR) is 63.6 cm³/mol. The van der Waals surface area contributed by atoms with Gasteiger partial charge in [-0.2, -0.15) is 5.10 Å². The summed E-state index contributed by atoms with van der Waals surface area (Å²) in [5, 5.41) is 4.85. The number of hydrogen-bond acceptors (Lipinski definition) is 2. The summed E-state index contributed by atoms with van der Waals surface area (Å²) >= 11 is 6.11. The minimum absolute atomic E-state index is 0.287. The van der Waals surface area contributed by atoms with Gasteiger partial charge in [-0.25, -0.2) is 0 Å². The van der Waals surface area contributed by atoms with E-state index in [1.54, 1.807) is 4.68 Å². The molecular formula is C12H17ClN2O. The molecule has 0 N–H and O–H groups in total. The van der Waals surface area contributed by atoms with Crippen LogP contribution >= 0.6 is 11.6 Å². The van der Waals surface area contributed by atoms with Gasteiger partial charge in [0.1, 0.15) is 5.78 Å². The largest absolute Gasteiger partial charge is 0.299 e. The van der Waals surface area contributed by atoms with E-state index in [9.17, 15) is 4.79 Å². The minimum atomic E-state index is 0.287. The third kappa shape index (κ3) is 2.29. The average molecular weight is 241 g/mol. The van der Waals surface area contributed by atoms with E-state index < -0.39 is 0 Å². The topological polar surface area (TPSA) is 34.9 Å². The van der Waals surface area contributed by atoms with Gasteiger partial charge in [-0.05, 0) is 12.8 Å². The van der Waals surface area contributed by atoms with Crippen LogP contribution in [0.3, 0.4) is 0 Å². The van der Waals surface area contributed by atoms with Crippen LogP contribution in [0.2, 0.25) is 5.02 Å². The van der Waals surface area contributed by atoms with Gasteiger partial charge < -0.3 is 0 Å². The second-order valence-corrected chi connectivity index (χ2v) is 5.06. The Labute approximate surface area is 101 Å². The minimum Gasteiger partial charge on any atom is -0.299 e. The Balaban J connectivity index is 1.99. The molecule has 0 aromatic carbocycles. The van der Waals surface area contributed by atoms with E-state index in [2.05, 4.69) is 5.10 Å². The Hall–Kier alpha value is -0.830. The number of rotatable bonds is 4. The number of nitrogens with zero attached hydrogens (tertiary/aromatic N) is 2. The van der Waals surface area contributed by atoms with E-state index in [-0.39, 0.29) is 5.78 Å². The highest BCUT2D eigenvalue weighted by atomic mass is 35.5. The molecule has 88 valence electrons. The molecule has 1 fully saturated rings. The lowest BCUT2D eigenvalue weighted by atomic mass is 9.81. The van der Waals surface area contributed by atoms with Gasteiger partial charge >= 0.3 is 0 Å². The molecule has 2 rings (SSSR count). The predicted octanol–water partition coefficient (Wildman–Crippen LogP) is 2.68. The van der Waals surface area contributed by atoms with Crippen LogP contribution in [-0.2, 0) is 18.3 Å². The second-order valence-electron chi connectivity index (χ2n) is 4.69. The lowest BCUT2D eigenvalue weighted by molar-refractivity contribution is -0.120. The van der Waals surface area contributed by atoms with E-state index in [0.29, 0.717) is 23.8 Å². The van der Waals surface area contributed by atoms with Crippen LogP contribution in [0.25, 0.3) is 0 Å². The molecule has 3 nitrogen and oxygen atoms in total. The van der Waals surface area contributed by atoms with Gasteiger partial charge in [-0.15, -0.1) is 0 Å². The van der Waals surface area contributed by atoms with E-state index in [0.717, 1.165) is 11.4 Å². The maximum atomic E-state index is 11.8. The van der Waals surface area contributed by atoms with Crippen molar-refractivity contribution in [3.05, 3.63) is 16.4 Å². The molecule has 0 bridgehead atoms. The van der Waals surface area contributed by atoms with Crippen molar-refractivity contribution in [2.45, 2.75) is 39.0 Å². The molecule has 0 saturated heterocycles. The van der Waals surface area contributed by atoms with Crippen molar-refractivity contribution in [3.8, 4) is 0 Å². The van der Waals surface area contributed by atoms with E-state index in [1.165, 1.54) is 19.3 Å². The van der Waals surface area contributed by atoms with Crippen LogP contribution in [0.5, 0.6) is 0 Å². The molecule has 4 heteroatoms. The van der Waals surface area contributed by atoms with E-state index >= 15 is 0 Å². The first kappa shape index (κ1) is 11.6. The molecule has 1 aliphatic carbocycles. The van der Waals surface area contributed by atoms with Crippen molar-refractivity contribution >= 4 is 17.4 Å². The molecule has 0 spiro atoms. The maximum absolute atomic E-state index is 11.8. The van der Waals surface area contributed by atoms with Crippen LogP contribution in [0.4, 0.5) is 0 Å². The lowest BCUT2D eigenvalue weighted by Crippen LogP contribution is -2.18. The number of halogens is 1. The van der Waals surface area contributed by atoms with Crippen molar-refractivity contribution in [3.63, 3.8) is 0 Å². The molecule has 16 heavy (non-hydrogen) atoms. The summed E-state index contributed by atoms with van der Waals surface area (Å²) in [4.78, 5) is 11.8. The van der Waals surface area contributed by atoms with E-state index in [4.69, 9.17) is 11.6 Å². The summed E-state index contributed by atoms with van der Waals surface area (Å²) in [5.41, 5.74) is 1.65. The second kappa shape index (κ2) is 4.58. The van der Waals surface area contributed by atoms with Crippen molar-refractivity contribution in [1.82, 2.24) is 9.78 Å². The molecule has 0 amide bonds. The molecule has 0 unspecified atom stereocenters. The van der Waals surface area contributed by atoms with Gasteiger partial charge in [0.2, 0.25) is 0 Å². The van der Waals surface area contributed by atoms with Gasteiger partial charge in [-0.3, -0.25) is 9.48 Å². The maximum Gasteiger partial charge on any atom is 0.139 e. The molecule has 1 heterocycles.